The van der Waals surface area contributed by atoms with Gasteiger partial charge in [0.25, 0.3) is 0 Å². The van der Waals surface area contributed by atoms with Crippen molar-refractivity contribution in [3.8, 4) is 0 Å². The van der Waals surface area contributed by atoms with Crippen molar-refractivity contribution in [1.29, 1.82) is 0 Å². The number of benzene rings is 1. The standard InChI is InChI=1S/C19H27NO6S2/c1-2-15-3-5-16(6-4-15)28(23,24)18-14-27(21,22)13-17(18)20-9-7-19(8-10-20)25-11-12-26-19/h3-6,17-18H,2,7-14H2,1H3/t17-,18+/m1/s1. The summed E-state index contributed by atoms with van der Waals surface area (Å²) >= 11 is 0. The third kappa shape index (κ3) is 3.75. The summed E-state index contributed by atoms with van der Waals surface area (Å²) in [5.74, 6) is -0.999. The second kappa shape index (κ2) is 7.36. The van der Waals surface area contributed by atoms with E-state index in [1.165, 1.54) is 0 Å². The lowest BCUT2D eigenvalue weighted by Crippen LogP contribution is -2.53. The maximum absolute atomic E-state index is 13.3. The molecule has 3 heterocycles. The van der Waals surface area contributed by atoms with Crippen molar-refractivity contribution in [2.45, 2.75) is 48.2 Å². The van der Waals surface area contributed by atoms with E-state index in [9.17, 15) is 16.8 Å². The summed E-state index contributed by atoms with van der Waals surface area (Å²) in [6, 6.07) is 6.26. The summed E-state index contributed by atoms with van der Waals surface area (Å²) in [4.78, 5) is 2.21. The van der Waals surface area contributed by atoms with Crippen LogP contribution in [0.3, 0.4) is 0 Å². The molecule has 0 radical (unpaired) electrons. The Kier molecular flexibility index (Phi) is 5.33. The highest BCUT2D eigenvalue weighted by molar-refractivity contribution is 7.96. The van der Waals surface area contributed by atoms with Gasteiger partial charge < -0.3 is 9.47 Å². The van der Waals surface area contributed by atoms with Crippen molar-refractivity contribution >= 4 is 19.7 Å². The molecule has 3 aliphatic heterocycles. The minimum absolute atomic E-state index is 0.112. The molecule has 1 spiro atoms. The summed E-state index contributed by atoms with van der Waals surface area (Å²) in [7, 11) is -7.15. The first-order valence-electron chi connectivity index (χ1n) is 9.80. The van der Waals surface area contributed by atoms with E-state index in [0.29, 0.717) is 39.1 Å². The van der Waals surface area contributed by atoms with Gasteiger partial charge in [-0.3, -0.25) is 4.90 Å². The van der Waals surface area contributed by atoms with E-state index in [1.54, 1.807) is 24.3 Å². The van der Waals surface area contributed by atoms with E-state index < -0.39 is 36.8 Å². The number of aryl methyl sites for hydroxylation is 1. The van der Waals surface area contributed by atoms with Gasteiger partial charge in [-0.15, -0.1) is 0 Å². The van der Waals surface area contributed by atoms with E-state index in [4.69, 9.17) is 9.47 Å². The van der Waals surface area contributed by atoms with E-state index in [0.717, 1.165) is 12.0 Å². The van der Waals surface area contributed by atoms with Crippen molar-refractivity contribution in [2.75, 3.05) is 37.8 Å². The molecule has 1 aromatic carbocycles. The van der Waals surface area contributed by atoms with Crippen LogP contribution in [0.5, 0.6) is 0 Å². The molecule has 1 aromatic rings. The number of likely N-dealkylation sites (tertiary alicyclic amines) is 1. The molecule has 3 saturated heterocycles. The molecule has 4 rings (SSSR count). The predicted octanol–water partition coefficient (Wildman–Crippen LogP) is 1.03. The Morgan fingerprint density at radius 2 is 1.68 bits per heavy atom. The zero-order valence-corrected chi connectivity index (χ0v) is 17.7. The van der Waals surface area contributed by atoms with Gasteiger partial charge in [0.15, 0.2) is 25.5 Å². The summed E-state index contributed by atoms with van der Waals surface area (Å²) in [5.41, 5.74) is 1.05. The van der Waals surface area contributed by atoms with Crippen molar-refractivity contribution in [3.63, 3.8) is 0 Å². The molecule has 2 atom stereocenters. The normalized spacial score (nSPS) is 30.0. The van der Waals surface area contributed by atoms with Crippen LogP contribution in [0.2, 0.25) is 0 Å². The molecule has 7 nitrogen and oxygen atoms in total. The summed E-state index contributed by atoms with van der Waals surface area (Å²) in [5, 5.41) is -0.940. The molecule has 28 heavy (non-hydrogen) atoms. The van der Waals surface area contributed by atoms with Crippen LogP contribution in [0.4, 0.5) is 0 Å². The van der Waals surface area contributed by atoms with Gasteiger partial charge in [0.1, 0.15) is 0 Å². The highest BCUT2D eigenvalue weighted by atomic mass is 32.2. The van der Waals surface area contributed by atoms with Crippen molar-refractivity contribution in [3.05, 3.63) is 29.8 Å². The fourth-order valence-corrected chi connectivity index (χ4v) is 9.34. The molecule has 9 heteroatoms. The first-order chi connectivity index (χ1) is 13.2. The largest absolute Gasteiger partial charge is 0.347 e. The zero-order valence-electron chi connectivity index (χ0n) is 16.0. The van der Waals surface area contributed by atoms with Gasteiger partial charge in [0.05, 0.1) is 34.9 Å². The number of hydrogen-bond acceptors (Lipinski definition) is 7. The van der Waals surface area contributed by atoms with Crippen molar-refractivity contribution in [2.24, 2.45) is 0 Å². The summed E-state index contributed by atoms with van der Waals surface area (Å²) < 4.78 is 62.8. The summed E-state index contributed by atoms with van der Waals surface area (Å²) in [6.07, 6.45) is 2.07. The van der Waals surface area contributed by atoms with Crippen LogP contribution in [0.25, 0.3) is 0 Å². The third-order valence-electron chi connectivity index (χ3n) is 6.17. The predicted molar refractivity (Wildman–Crippen MR) is 105 cm³/mol. The topological polar surface area (TPSA) is 90.0 Å². The lowest BCUT2D eigenvalue weighted by molar-refractivity contribution is -0.187. The highest BCUT2D eigenvalue weighted by Crippen LogP contribution is 2.35. The van der Waals surface area contributed by atoms with Gasteiger partial charge in [-0.2, -0.15) is 0 Å². The molecule has 0 amide bonds. The van der Waals surface area contributed by atoms with Crippen LogP contribution in [-0.2, 0) is 35.6 Å². The molecule has 0 unspecified atom stereocenters. The van der Waals surface area contributed by atoms with Crippen LogP contribution >= 0.6 is 0 Å². The molecule has 0 N–H and O–H groups in total. The van der Waals surface area contributed by atoms with E-state index >= 15 is 0 Å². The van der Waals surface area contributed by atoms with E-state index in [1.807, 2.05) is 11.8 Å². The van der Waals surface area contributed by atoms with Crippen LogP contribution in [0.15, 0.2) is 29.2 Å². The van der Waals surface area contributed by atoms with Gasteiger partial charge in [-0.1, -0.05) is 19.1 Å². The lowest BCUT2D eigenvalue weighted by atomic mass is 10.0. The molecular formula is C19H27NO6S2. The van der Waals surface area contributed by atoms with E-state index in [2.05, 4.69) is 0 Å². The van der Waals surface area contributed by atoms with Crippen LogP contribution in [0.1, 0.15) is 25.3 Å². The van der Waals surface area contributed by atoms with Gasteiger partial charge in [-0.05, 0) is 24.1 Å². The molecule has 0 bridgehead atoms. The van der Waals surface area contributed by atoms with Crippen molar-refractivity contribution in [1.82, 2.24) is 4.90 Å². The zero-order chi connectivity index (χ0) is 20.0. The smallest absolute Gasteiger partial charge is 0.183 e. The molecule has 3 fully saturated rings. The van der Waals surface area contributed by atoms with Gasteiger partial charge in [0, 0.05) is 32.0 Å². The van der Waals surface area contributed by atoms with Gasteiger partial charge in [0.2, 0.25) is 0 Å². The second-order valence-electron chi connectivity index (χ2n) is 7.87. The number of piperidine rings is 1. The maximum atomic E-state index is 13.3. The maximum Gasteiger partial charge on any atom is 0.183 e. The van der Waals surface area contributed by atoms with E-state index in [-0.39, 0.29) is 16.4 Å². The molecule has 3 aliphatic rings. The molecule has 0 aromatic heterocycles. The minimum atomic E-state index is -3.74. The Morgan fingerprint density at radius 3 is 2.25 bits per heavy atom. The Morgan fingerprint density at radius 1 is 1.07 bits per heavy atom. The van der Waals surface area contributed by atoms with Crippen LogP contribution < -0.4 is 0 Å². The number of hydrogen-bond donors (Lipinski definition) is 0. The molecular weight excluding hydrogens is 402 g/mol. The summed E-state index contributed by atoms with van der Waals surface area (Å²) in [6.45, 7) is 4.29. The third-order valence-corrected chi connectivity index (χ3v) is 10.3. The average molecular weight is 430 g/mol. The fourth-order valence-electron chi connectivity index (χ4n) is 4.51. The minimum Gasteiger partial charge on any atom is -0.347 e. The Labute approximate surface area is 166 Å². The monoisotopic (exact) mass is 429 g/mol. The SMILES string of the molecule is CCc1ccc(S(=O)(=O)[C@H]2CS(=O)(=O)C[C@H]2N2CCC3(CC2)OCCO3)cc1. The van der Waals surface area contributed by atoms with Crippen LogP contribution in [0, 0.1) is 0 Å². The highest BCUT2D eigenvalue weighted by Gasteiger charge is 2.50. The van der Waals surface area contributed by atoms with Gasteiger partial charge >= 0.3 is 0 Å². The average Bonchev–Trinajstić information content (AvgIpc) is 3.27. The molecule has 0 saturated carbocycles. The Balaban J connectivity index is 1.57. The van der Waals surface area contributed by atoms with Crippen molar-refractivity contribution < 1.29 is 26.3 Å². The van der Waals surface area contributed by atoms with Gasteiger partial charge in [-0.25, -0.2) is 16.8 Å². The fraction of sp³-hybridized carbons (Fsp3) is 0.684. The van der Waals surface area contributed by atoms with Crippen LogP contribution in [-0.4, -0.2) is 76.6 Å². The first-order valence-corrected chi connectivity index (χ1v) is 13.2. The lowest BCUT2D eigenvalue weighted by Gasteiger charge is -2.41. The number of nitrogens with zero attached hydrogens (tertiary/aromatic N) is 1. The first kappa shape index (κ1) is 20.3. The molecule has 156 valence electrons. The molecule has 0 aliphatic carbocycles. The second-order valence-corrected chi connectivity index (χ2v) is 12.2. The number of sulfone groups is 2. The number of ether oxygens (including phenoxy) is 2. The Hall–Kier alpha value is -1.00. The number of rotatable bonds is 4. The Bertz CT molecular complexity index is 910. The quantitative estimate of drug-likeness (QED) is 0.706.